The third-order valence-corrected chi connectivity index (χ3v) is 4.67. The number of carbonyl (C=O) groups excluding carboxylic acids is 2. The van der Waals surface area contributed by atoms with Gasteiger partial charge in [-0.2, -0.15) is 13.2 Å². The number of benzene rings is 2. The largest absolute Gasteiger partial charge is 0.409 e. The van der Waals surface area contributed by atoms with Crippen LogP contribution in [-0.2, 0) is 0 Å². The van der Waals surface area contributed by atoms with E-state index in [2.05, 4.69) is 0 Å². The zero-order valence-electron chi connectivity index (χ0n) is 12.8. The van der Waals surface area contributed by atoms with Crippen LogP contribution in [0.15, 0.2) is 36.4 Å². The Morgan fingerprint density at radius 2 is 1.73 bits per heavy atom. The molecule has 0 aromatic heterocycles. The average molecular weight is 481 g/mol. The fourth-order valence-corrected chi connectivity index (χ4v) is 3.15. The molecule has 3 rings (SSSR count). The highest BCUT2D eigenvalue weighted by atomic mass is 127. The van der Waals surface area contributed by atoms with Gasteiger partial charge < -0.3 is 0 Å². The van der Waals surface area contributed by atoms with Gasteiger partial charge in [0, 0.05) is 27.2 Å². The molecule has 136 valence electrons. The molecule has 0 saturated heterocycles. The van der Waals surface area contributed by atoms with Gasteiger partial charge in [0.15, 0.2) is 11.6 Å². The van der Waals surface area contributed by atoms with E-state index in [9.17, 15) is 31.5 Å². The highest BCUT2D eigenvalue weighted by Crippen LogP contribution is 2.40. The lowest BCUT2D eigenvalue weighted by Gasteiger charge is -2.37. The average Bonchev–Trinajstić information content (AvgIpc) is 2.54. The molecule has 1 heterocycles. The Labute approximate surface area is 157 Å². The summed E-state index contributed by atoms with van der Waals surface area (Å²) in [5.74, 6) is -4.71. The van der Waals surface area contributed by atoms with Crippen LogP contribution in [0.2, 0.25) is 0 Å². The number of ketones is 1. The topological polar surface area (TPSA) is 37.4 Å². The van der Waals surface area contributed by atoms with Crippen LogP contribution >= 0.6 is 22.6 Å². The third-order valence-electron chi connectivity index (χ3n) is 3.95. The van der Waals surface area contributed by atoms with Crippen LogP contribution < -0.4 is 4.90 Å². The molecule has 0 radical (unpaired) electrons. The normalized spacial score (nSPS) is 17.2. The molecule has 3 nitrogen and oxygen atoms in total. The maximum Gasteiger partial charge on any atom is 0.409 e. The van der Waals surface area contributed by atoms with Crippen LogP contribution in [0, 0.1) is 15.2 Å². The summed E-state index contributed by atoms with van der Waals surface area (Å²) in [4.78, 5) is 25.0. The molecule has 0 fully saturated rings. The van der Waals surface area contributed by atoms with Crippen molar-refractivity contribution in [1.82, 2.24) is 0 Å². The molecule has 1 unspecified atom stereocenters. The summed E-state index contributed by atoms with van der Waals surface area (Å²) >= 11 is 1.95. The quantitative estimate of drug-likeness (QED) is 0.437. The highest BCUT2D eigenvalue weighted by molar-refractivity contribution is 14.1. The van der Waals surface area contributed by atoms with E-state index in [0.717, 1.165) is 3.57 Å². The lowest BCUT2D eigenvalue weighted by atomic mass is 9.92. The van der Waals surface area contributed by atoms with E-state index in [1.807, 2.05) is 22.6 Å². The molecule has 0 bridgehead atoms. The Hall–Kier alpha value is -2.04. The number of alkyl halides is 3. The SMILES string of the molecule is O=C1CC(C(F)(F)F)N(C(=O)c2ccc(I)cc2)c2c(F)cc(F)cc21. The number of hydrogen-bond acceptors (Lipinski definition) is 2. The maximum atomic E-state index is 14.3. The number of carbonyl (C=O) groups is 2. The molecule has 2 aromatic carbocycles. The standard InChI is InChI=1S/C17H9F5INO2/c18-9-5-11-13(25)7-14(17(20,21)22)24(15(11)12(19)6-9)16(26)8-1-3-10(23)4-2-8/h1-6,14H,7H2. The molecule has 0 aliphatic carbocycles. The first-order valence-corrected chi connectivity index (χ1v) is 8.35. The number of fused-ring (bicyclic) bond motifs is 1. The number of Topliss-reactive ketones (excluding diaryl/α,β-unsaturated/α-hetero) is 1. The second-order valence-corrected chi connectivity index (χ2v) is 6.90. The minimum atomic E-state index is -4.97. The van der Waals surface area contributed by atoms with Crippen LogP contribution in [0.4, 0.5) is 27.6 Å². The fourth-order valence-electron chi connectivity index (χ4n) is 2.79. The summed E-state index contributed by atoms with van der Waals surface area (Å²) in [6.07, 6.45) is -6.07. The number of hydrogen-bond donors (Lipinski definition) is 0. The van der Waals surface area contributed by atoms with Gasteiger partial charge in [0.1, 0.15) is 11.9 Å². The van der Waals surface area contributed by atoms with Crippen molar-refractivity contribution in [1.29, 1.82) is 0 Å². The predicted molar refractivity (Wildman–Crippen MR) is 91.1 cm³/mol. The van der Waals surface area contributed by atoms with Gasteiger partial charge in [0.05, 0.1) is 5.69 Å². The van der Waals surface area contributed by atoms with Crippen molar-refractivity contribution in [3.05, 3.63) is 62.7 Å². The summed E-state index contributed by atoms with van der Waals surface area (Å²) in [5.41, 5.74) is -1.54. The summed E-state index contributed by atoms with van der Waals surface area (Å²) in [6, 6.07) is 4.07. The van der Waals surface area contributed by atoms with Crippen molar-refractivity contribution in [3.8, 4) is 0 Å². The lowest BCUT2D eigenvalue weighted by molar-refractivity contribution is -0.147. The van der Waals surface area contributed by atoms with E-state index in [1.165, 1.54) is 24.3 Å². The molecule has 0 saturated carbocycles. The molecule has 1 atom stereocenters. The molecule has 0 N–H and O–H groups in total. The van der Waals surface area contributed by atoms with Gasteiger partial charge in [-0.15, -0.1) is 0 Å². The third kappa shape index (κ3) is 3.31. The minimum Gasteiger partial charge on any atom is -0.294 e. The lowest BCUT2D eigenvalue weighted by Crippen LogP contribution is -2.53. The second-order valence-electron chi connectivity index (χ2n) is 5.65. The predicted octanol–water partition coefficient (Wildman–Crippen LogP) is 4.73. The van der Waals surface area contributed by atoms with Gasteiger partial charge in [0.25, 0.3) is 5.91 Å². The van der Waals surface area contributed by atoms with E-state index >= 15 is 0 Å². The van der Waals surface area contributed by atoms with Gasteiger partial charge in [-0.05, 0) is 52.9 Å². The van der Waals surface area contributed by atoms with Crippen LogP contribution in [0.1, 0.15) is 27.1 Å². The second kappa shape index (κ2) is 6.60. The maximum absolute atomic E-state index is 14.3. The van der Waals surface area contributed by atoms with Crippen molar-refractivity contribution in [2.45, 2.75) is 18.6 Å². The summed E-state index contributed by atoms with van der Waals surface area (Å²) in [6.45, 7) is 0. The summed E-state index contributed by atoms with van der Waals surface area (Å²) in [7, 11) is 0. The van der Waals surface area contributed by atoms with E-state index in [1.54, 1.807) is 0 Å². The number of halogens is 6. The zero-order valence-corrected chi connectivity index (χ0v) is 14.9. The molecule has 1 aliphatic heterocycles. The van der Waals surface area contributed by atoms with Crippen molar-refractivity contribution in [2.24, 2.45) is 0 Å². The monoisotopic (exact) mass is 481 g/mol. The van der Waals surface area contributed by atoms with Crippen LogP contribution in [0.25, 0.3) is 0 Å². The van der Waals surface area contributed by atoms with Crippen LogP contribution in [0.3, 0.4) is 0 Å². The fraction of sp³-hybridized carbons (Fsp3) is 0.176. The molecule has 9 heteroatoms. The van der Waals surface area contributed by atoms with E-state index in [4.69, 9.17) is 0 Å². The van der Waals surface area contributed by atoms with Gasteiger partial charge in [0.2, 0.25) is 0 Å². The molecule has 2 aromatic rings. The van der Waals surface area contributed by atoms with Crippen molar-refractivity contribution >= 4 is 40.0 Å². The van der Waals surface area contributed by atoms with Crippen LogP contribution in [-0.4, -0.2) is 23.9 Å². The van der Waals surface area contributed by atoms with E-state index in [0.29, 0.717) is 12.1 Å². The Morgan fingerprint density at radius 1 is 1.12 bits per heavy atom. The van der Waals surface area contributed by atoms with Gasteiger partial charge >= 0.3 is 6.18 Å². The first kappa shape index (κ1) is 18.7. The first-order chi connectivity index (χ1) is 12.1. The van der Waals surface area contributed by atoms with Crippen molar-refractivity contribution < 1.29 is 31.5 Å². The Bertz CT molecular complexity index is 895. The number of rotatable bonds is 1. The number of amides is 1. The van der Waals surface area contributed by atoms with Crippen LogP contribution in [0.5, 0.6) is 0 Å². The van der Waals surface area contributed by atoms with Crippen molar-refractivity contribution in [2.75, 3.05) is 4.90 Å². The molecular formula is C17H9F5INO2. The number of nitrogens with zero attached hydrogens (tertiary/aromatic N) is 1. The van der Waals surface area contributed by atoms with Gasteiger partial charge in [-0.3, -0.25) is 14.5 Å². The molecule has 1 amide bonds. The van der Waals surface area contributed by atoms with E-state index in [-0.39, 0.29) is 10.5 Å². The Kier molecular flexibility index (Phi) is 4.76. The summed E-state index contributed by atoms with van der Waals surface area (Å²) in [5, 5.41) is 0. The van der Waals surface area contributed by atoms with Crippen molar-refractivity contribution in [3.63, 3.8) is 0 Å². The Morgan fingerprint density at radius 3 is 2.31 bits per heavy atom. The zero-order chi connectivity index (χ0) is 19.2. The molecule has 1 aliphatic rings. The first-order valence-electron chi connectivity index (χ1n) is 7.27. The Balaban J connectivity index is 2.21. The molecule has 0 spiro atoms. The van der Waals surface area contributed by atoms with Gasteiger partial charge in [-0.1, -0.05) is 0 Å². The minimum absolute atomic E-state index is 0.108. The highest BCUT2D eigenvalue weighted by Gasteiger charge is 2.51. The summed E-state index contributed by atoms with van der Waals surface area (Å²) < 4.78 is 68.9. The smallest absolute Gasteiger partial charge is 0.294 e. The van der Waals surface area contributed by atoms with Gasteiger partial charge in [-0.25, -0.2) is 8.78 Å². The molecular weight excluding hydrogens is 472 g/mol. The molecule has 26 heavy (non-hydrogen) atoms. The number of anilines is 1. The van der Waals surface area contributed by atoms with E-state index < -0.39 is 53.2 Å².